The Hall–Kier alpha value is -1.32. The standard InChI is InChI=1S/C13H12BrNO/c14-13-6-3-10(7-11(13)8-15)9-1-4-12(16)5-2-9/h1-7,16H,8,15H2. The van der Waals surface area contributed by atoms with Crippen molar-refractivity contribution in [2.75, 3.05) is 0 Å². The predicted octanol–water partition coefficient (Wildman–Crippen LogP) is 3.28. The van der Waals surface area contributed by atoms with E-state index in [-0.39, 0.29) is 5.75 Å². The topological polar surface area (TPSA) is 46.2 Å². The molecule has 0 aliphatic rings. The van der Waals surface area contributed by atoms with Crippen molar-refractivity contribution in [3.05, 3.63) is 52.5 Å². The summed E-state index contributed by atoms with van der Waals surface area (Å²) in [7, 11) is 0. The molecular weight excluding hydrogens is 266 g/mol. The molecule has 0 aliphatic carbocycles. The minimum Gasteiger partial charge on any atom is -0.508 e. The Bertz CT molecular complexity index is 494. The minimum absolute atomic E-state index is 0.278. The van der Waals surface area contributed by atoms with Crippen molar-refractivity contribution < 1.29 is 5.11 Å². The van der Waals surface area contributed by atoms with Gasteiger partial charge >= 0.3 is 0 Å². The van der Waals surface area contributed by atoms with E-state index in [1.54, 1.807) is 12.1 Å². The summed E-state index contributed by atoms with van der Waals surface area (Å²) in [5, 5.41) is 9.22. The number of phenolic OH excluding ortho intramolecular Hbond substituents is 1. The molecule has 0 radical (unpaired) electrons. The van der Waals surface area contributed by atoms with Gasteiger partial charge in [-0.2, -0.15) is 0 Å². The lowest BCUT2D eigenvalue weighted by Crippen LogP contribution is -1.97. The Balaban J connectivity index is 2.44. The largest absolute Gasteiger partial charge is 0.508 e. The fourth-order valence-corrected chi connectivity index (χ4v) is 1.97. The third kappa shape index (κ3) is 2.26. The molecule has 2 rings (SSSR count). The molecule has 2 aromatic carbocycles. The van der Waals surface area contributed by atoms with Crippen molar-refractivity contribution in [1.82, 2.24) is 0 Å². The Kier molecular flexibility index (Phi) is 3.27. The molecule has 2 nitrogen and oxygen atoms in total. The zero-order valence-electron chi connectivity index (χ0n) is 8.65. The van der Waals surface area contributed by atoms with Gasteiger partial charge in [-0.05, 0) is 41.0 Å². The highest BCUT2D eigenvalue weighted by Crippen LogP contribution is 2.26. The van der Waals surface area contributed by atoms with Gasteiger partial charge in [-0.25, -0.2) is 0 Å². The molecule has 82 valence electrons. The lowest BCUT2D eigenvalue weighted by atomic mass is 10.0. The maximum absolute atomic E-state index is 9.22. The van der Waals surface area contributed by atoms with Gasteiger partial charge in [0.25, 0.3) is 0 Å². The monoisotopic (exact) mass is 277 g/mol. The molecule has 0 spiro atoms. The van der Waals surface area contributed by atoms with Crippen LogP contribution in [0.1, 0.15) is 5.56 Å². The van der Waals surface area contributed by atoms with Crippen LogP contribution in [0.25, 0.3) is 11.1 Å². The average molecular weight is 278 g/mol. The van der Waals surface area contributed by atoms with Crippen LogP contribution in [0.4, 0.5) is 0 Å². The van der Waals surface area contributed by atoms with E-state index in [4.69, 9.17) is 5.73 Å². The molecular formula is C13H12BrNO. The Morgan fingerprint density at radius 1 is 1.00 bits per heavy atom. The molecule has 0 fully saturated rings. The first-order valence-electron chi connectivity index (χ1n) is 4.98. The third-order valence-electron chi connectivity index (χ3n) is 2.47. The van der Waals surface area contributed by atoms with Crippen LogP contribution in [0.2, 0.25) is 0 Å². The van der Waals surface area contributed by atoms with Gasteiger partial charge in [0.15, 0.2) is 0 Å². The van der Waals surface area contributed by atoms with E-state index in [0.29, 0.717) is 6.54 Å². The first-order chi connectivity index (χ1) is 7.70. The van der Waals surface area contributed by atoms with Gasteiger partial charge in [-0.3, -0.25) is 0 Å². The molecule has 0 unspecified atom stereocenters. The van der Waals surface area contributed by atoms with Crippen LogP contribution in [-0.4, -0.2) is 5.11 Å². The summed E-state index contributed by atoms with van der Waals surface area (Å²) in [5.74, 6) is 0.278. The number of hydrogen-bond donors (Lipinski definition) is 2. The smallest absolute Gasteiger partial charge is 0.115 e. The van der Waals surface area contributed by atoms with E-state index in [2.05, 4.69) is 22.0 Å². The normalized spacial score (nSPS) is 10.4. The molecule has 16 heavy (non-hydrogen) atoms. The van der Waals surface area contributed by atoms with Crippen molar-refractivity contribution in [2.45, 2.75) is 6.54 Å². The summed E-state index contributed by atoms with van der Waals surface area (Å²) < 4.78 is 1.03. The van der Waals surface area contributed by atoms with Crippen LogP contribution in [0, 0.1) is 0 Å². The first-order valence-corrected chi connectivity index (χ1v) is 5.78. The van der Waals surface area contributed by atoms with E-state index in [0.717, 1.165) is 21.2 Å². The maximum Gasteiger partial charge on any atom is 0.115 e. The Morgan fingerprint density at radius 3 is 2.25 bits per heavy atom. The zero-order valence-corrected chi connectivity index (χ0v) is 10.2. The van der Waals surface area contributed by atoms with Crippen LogP contribution in [0.5, 0.6) is 5.75 Å². The molecule has 0 heterocycles. The van der Waals surface area contributed by atoms with Crippen LogP contribution in [0.15, 0.2) is 46.9 Å². The zero-order chi connectivity index (χ0) is 11.5. The van der Waals surface area contributed by atoms with Gasteiger partial charge in [0.1, 0.15) is 5.75 Å². The number of nitrogens with two attached hydrogens (primary N) is 1. The molecule has 0 saturated carbocycles. The summed E-state index contributed by atoms with van der Waals surface area (Å²) in [6, 6.07) is 13.2. The van der Waals surface area contributed by atoms with E-state index in [1.165, 1.54) is 0 Å². The lowest BCUT2D eigenvalue weighted by molar-refractivity contribution is 0.475. The van der Waals surface area contributed by atoms with E-state index in [1.807, 2.05) is 24.3 Å². The van der Waals surface area contributed by atoms with Crippen LogP contribution in [0.3, 0.4) is 0 Å². The molecule has 3 N–H and O–H groups in total. The predicted molar refractivity (Wildman–Crippen MR) is 69.1 cm³/mol. The second kappa shape index (κ2) is 4.68. The van der Waals surface area contributed by atoms with Crippen LogP contribution >= 0.6 is 15.9 Å². The van der Waals surface area contributed by atoms with Crippen molar-refractivity contribution >= 4 is 15.9 Å². The van der Waals surface area contributed by atoms with Gasteiger partial charge in [0.05, 0.1) is 0 Å². The first kappa shape index (κ1) is 11.2. The van der Waals surface area contributed by atoms with Gasteiger partial charge < -0.3 is 10.8 Å². The molecule has 0 atom stereocenters. The lowest BCUT2D eigenvalue weighted by Gasteiger charge is -2.06. The van der Waals surface area contributed by atoms with Crippen molar-refractivity contribution in [2.24, 2.45) is 5.73 Å². The molecule has 0 saturated heterocycles. The number of hydrogen-bond acceptors (Lipinski definition) is 2. The van der Waals surface area contributed by atoms with Crippen LogP contribution in [-0.2, 0) is 6.54 Å². The number of aromatic hydroxyl groups is 1. The molecule has 0 amide bonds. The van der Waals surface area contributed by atoms with Crippen molar-refractivity contribution in [1.29, 1.82) is 0 Å². The van der Waals surface area contributed by atoms with E-state index < -0.39 is 0 Å². The molecule has 0 bridgehead atoms. The quantitative estimate of drug-likeness (QED) is 0.885. The highest BCUT2D eigenvalue weighted by molar-refractivity contribution is 9.10. The van der Waals surface area contributed by atoms with E-state index in [9.17, 15) is 5.11 Å². The van der Waals surface area contributed by atoms with Crippen molar-refractivity contribution in [3.8, 4) is 16.9 Å². The van der Waals surface area contributed by atoms with Gasteiger partial charge in [-0.1, -0.05) is 34.1 Å². The molecule has 0 aromatic heterocycles. The Morgan fingerprint density at radius 2 is 1.62 bits per heavy atom. The summed E-state index contributed by atoms with van der Waals surface area (Å²) in [6.45, 7) is 0.506. The van der Waals surface area contributed by atoms with Crippen molar-refractivity contribution in [3.63, 3.8) is 0 Å². The fourth-order valence-electron chi connectivity index (χ4n) is 1.56. The fraction of sp³-hybridized carbons (Fsp3) is 0.0769. The third-order valence-corrected chi connectivity index (χ3v) is 3.24. The summed E-state index contributed by atoms with van der Waals surface area (Å²) in [6.07, 6.45) is 0. The van der Waals surface area contributed by atoms with Crippen LogP contribution < -0.4 is 5.73 Å². The summed E-state index contributed by atoms with van der Waals surface area (Å²) >= 11 is 3.45. The summed E-state index contributed by atoms with van der Waals surface area (Å²) in [5.41, 5.74) is 8.90. The Labute approximate surface area is 103 Å². The van der Waals surface area contributed by atoms with Gasteiger partial charge in [0, 0.05) is 11.0 Å². The van der Waals surface area contributed by atoms with E-state index >= 15 is 0 Å². The SMILES string of the molecule is NCc1cc(-c2ccc(O)cc2)ccc1Br. The number of phenols is 1. The number of benzene rings is 2. The average Bonchev–Trinajstić information content (AvgIpc) is 2.31. The molecule has 2 aromatic rings. The minimum atomic E-state index is 0.278. The summed E-state index contributed by atoms with van der Waals surface area (Å²) in [4.78, 5) is 0. The second-order valence-corrected chi connectivity index (χ2v) is 4.41. The molecule has 3 heteroatoms. The number of halogens is 1. The maximum atomic E-state index is 9.22. The number of rotatable bonds is 2. The van der Waals surface area contributed by atoms with Gasteiger partial charge in [0.2, 0.25) is 0 Å². The highest BCUT2D eigenvalue weighted by atomic mass is 79.9. The highest BCUT2D eigenvalue weighted by Gasteiger charge is 2.02. The second-order valence-electron chi connectivity index (χ2n) is 3.56. The molecule has 0 aliphatic heterocycles. The van der Waals surface area contributed by atoms with Gasteiger partial charge in [-0.15, -0.1) is 0 Å².